The second-order valence-corrected chi connectivity index (χ2v) is 12.4. The topological polar surface area (TPSA) is 202 Å². The maximum absolute atomic E-state index is 12.0. The van der Waals surface area contributed by atoms with Crippen LogP contribution in [0.3, 0.4) is 0 Å². The molecule has 254 valence electrons. The monoisotopic (exact) mass is 691 g/mol. The van der Waals surface area contributed by atoms with Crippen molar-refractivity contribution in [1.29, 1.82) is 0 Å². The Morgan fingerprint density at radius 2 is 1.22 bits per heavy atom. The fourth-order valence-electron chi connectivity index (χ4n) is 5.29. The van der Waals surface area contributed by atoms with E-state index in [9.17, 15) is 24.6 Å². The molecule has 4 heterocycles. The first-order valence-electron chi connectivity index (χ1n) is 15.4. The van der Waals surface area contributed by atoms with Crippen LogP contribution in [-0.4, -0.2) is 86.1 Å². The van der Waals surface area contributed by atoms with Crippen molar-refractivity contribution in [1.82, 2.24) is 19.8 Å². The molecule has 0 bridgehead atoms. The molecule has 0 saturated carbocycles. The molecule has 0 unspecified atom stereocenters. The summed E-state index contributed by atoms with van der Waals surface area (Å²) in [5.74, 6) is 9.66. The maximum atomic E-state index is 12.0. The average molecular weight is 692 g/mol. The number of nitrogens with zero attached hydrogens (tertiary/aromatic N) is 4. The number of halogens is 1. The number of aromatic nitrogens is 2. The zero-order valence-corrected chi connectivity index (χ0v) is 28.0. The number of pyridine rings is 2. The maximum Gasteiger partial charge on any atom is 0.267 e. The molecule has 2 aromatic heterocycles. The number of carbonyl (C=O) groups is 3. The number of anilines is 2. The molecular weight excluding hydrogens is 658 g/mol. The molecule has 8 N–H and O–H groups in total. The van der Waals surface area contributed by atoms with Crippen molar-refractivity contribution in [2.24, 2.45) is 5.73 Å². The van der Waals surface area contributed by atoms with Crippen molar-refractivity contribution in [3.05, 3.63) is 94.8 Å². The third-order valence-corrected chi connectivity index (χ3v) is 8.27. The van der Waals surface area contributed by atoms with Gasteiger partial charge in [0.25, 0.3) is 17.7 Å². The second kappa shape index (κ2) is 14.3. The first-order valence-corrected chi connectivity index (χ1v) is 15.8. The lowest BCUT2D eigenvalue weighted by atomic mass is 10.0. The molecule has 0 radical (unpaired) electrons. The molecule has 2 aliphatic rings. The van der Waals surface area contributed by atoms with E-state index in [-0.39, 0.29) is 18.0 Å². The van der Waals surface area contributed by atoms with E-state index in [2.05, 4.69) is 33.6 Å². The number of hydrogen-bond acceptors (Lipinski definition) is 9. The summed E-state index contributed by atoms with van der Waals surface area (Å²) in [4.78, 5) is 46.7. The van der Waals surface area contributed by atoms with Gasteiger partial charge in [-0.25, -0.2) is 9.97 Å². The molecule has 0 spiro atoms. The Morgan fingerprint density at radius 1 is 0.760 bits per heavy atom. The van der Waals surface area contributed by atoms with Crippen LogP contribution in [0.2, 0.25) is 5.15 Å². The third kappa shape index (κ3) is 8.02. The predicted molar refractivity (Wildman–Crippen MR) is 190 cm³/mol. The van der Waals surface area contributed by atoms with E-state index in [1.807, 2.05) is 18.2 Å². The predicted octanol–water partition coefficient (Wildman–Crippen LogP) is 2.30. The summed E-state index contributed by atoms with van der Waals surface area (Å²) < 4.78 is 0. The number of likely N-dealkylation sites (tertiary alicyclic amines) is 2. The minimum absolute atomic E-state index is 0.0744. The average Bonchev–Trinajstić information content (AvgIpc) is 3.50. The Hall–Kier alpha value is -5.92. The van der Waals surface area contributed by atoms with Crippen LogP contribution in [-0.2, 0) is 9.59 Å². The lowest BCUT2D eigenvalue weighted by Crippen LogP contribution is -2.37. The third-order valence-electron chi connectivity index (χ3n) is 8.08. The fourth-order valence-corrected chi connectivity index (χ4v) is 5.51. The Balaban J connectivity index is 0.000000195. The van der Waals surface area contributed by atoms with Crippen LogP contribution in [0.25, 0.3) is 22.5 Å². The van der Waals surface area contributed by atoms with E-state index >= 15 is 0 Å². The molecule has 2 aromatic carbocycles. The van der Waals surface area contributed by atoms with Crippen molar-refractivity contribution in [2.45, 2.75) is 24.0 Å². The summed E-state index contributed by atoms with van der Waals surface area (Å²) in [6.07, 6.45) is 0.579. The minimum atomic E-state index is -1.65. The summed E-state index contributed by atoms with van der Waals surface area (Å²) >= 11 is 5.94. The summed E-state index contributed by atoms with van der Waals surface area (Å²) in [6, 6.07) is 20.7. The van der Waals surface area contributed by atoms with Gasteiger partial charge in [-0.05, 0) is 48.5 Å². The van der Waals surface area contributed by atoms with Gasteiger partial charge in [0, 0.05) is 73.7 Å². The highest BCUT2D eigenvalue weighted by Gasteiger charge is 2.43. The lowest BCUT2D eigenvalue weighted by molar-refractivity contribution is -0.138. The molecule has 2 aliphatic heterocycles. The first-order chi connectivity index (χ1) is 23.7. The normalized spacial score (nSPS) is 19.5. The Kier molecular flexibility index (Phi) is 10.1. The van der Waals surface area contributed by atoms with Gasteiger partial charge in [-0.2, -0.15) is 0 Å². The van der Waals surface area contributed by atoms with Crippen LogP contribution in [0.5, 0.6) is 0 Å². The van der Waals surface area contributed by atoms with Crippen molar-refractivity contribution >= 4 is 40.7 Å². The fraction of sp³-hybridized carbons (Fsp3) is 0.216. The van der Waals surface area contributed by atoms with E-state index in [4.69, 9.17) is 28.8 Å². The largest absolute Gasteiger partial charge is 0.399 e. The first kappa shape index (κ1) is 35.4. The van der Waals surface area contributed by atoms with E-state index in [0.717, 1.165) is 5.56 Å². The summed E-state index contributed by atoms with van der Waals surface area (Å²) in [5, 5.41) is 21.0. The minimum Gasteiger partial charge on any atom is -0.399 e. The summed E-state index contributed by atoms with van der Waals surface area (Å²) in [5.41, 5.74) is 18.5. The Bertz CT molecular complexity index is 2120. The molecule has 12 nitrogen and oxygen atoms in total. The van der Waals surface area contributed by atoms with Crippen LogP contribution in [0.4, 0.5) is 11.4 Å². The number of primary amides is 1. The van der Waals surface area contributed by atoms with Gasteiger partial charge < -0.3 is 37.2 Å². The molecule has 6 rings (SSSR count). The molecule has 50 heavy (non-hydrogen) atoms. The molecule has 4 aromatic rings. The smallest absolute Gasteiger partial charge is 0.267 e. The van der Waals surface area contributed by atoms with Crippen LogP contribution in [0.1, 0.15) is 34.5 Å². The summed E-state index contributed by atoms with van der Waals surface area (Å²) in [7, 11) is 3.28. The van der Waals surface area contributed by atoms with E-state index < -0.39 is 23.0 Å². The van der Waals surface area contributed by atoms with Crippen LogP contribution in [0.15, 0.2) is 72.8 Å². The molecule has 2 fully saturated rings. The number of nitrogens with two attached hydrogens (primary N) is 3. The number of amides is 3. The van der Waals surface area contributed by atoms with Gasteiger partial charge in [-0.1, -0.05) is 59.5 Å². The zero-order chi connectivity index (χ0) is 36.2. The van der Waals surface area contributed by atoms with Gasteiger partial charge >= 0.3 is 0 Å². The van der Waals surface area contributed by atoms with Crippen molar-refractivity contribution in [3.8, 4) is 46.2 Å². The molecular formula is C37H34ClN7O5. The van der Waals surface area contributed by atoms with E-state index in [0.29, 0.717) is 64.1 Å². The highest BCUT2D eigenvalue weighted by molar-refractivity contribution is 6.29. The van der Waals surface area contributed by atoms with Gasteiger partial charge in [-0.15, -0.1) is 0 Å². The standard InChI is InChI=1S/C19H18N4O3.C18H16ClN3O2/c1-23-8-7-19(26,18(23)25)6-5-12-3-2-4-13(9-12)15-10-14(20)11-16(22-15)17(21)24;1-22-8-7-18(24,17(22)23)6-5-12-3-2-4-13(9-12)15-10-14(20)11-16(19)21-15/h2-4,9-11,26H,7-8H2,1H3,(H2,20,22)(H2,21,24);2-4,9-11,24H,7-8H2,1H3,(H2,20,21)/t19-;18-/m00/s1. The number of aliphatic hydroxyl groups is 2. The quantitative estimate of drug-likeness (QED) is 0.158. The number of likely N-dealkylation sites (N-methyl/N-ethyl adjacent to an activating group) is 2. The van der Waals surface area contributed by atoms with Crippen molar-refractivity contribution in [3.63, 3.8) is 0 Å². The van der Waals surface area contributed by atoms with Crippen LogP contribution < -0.4 is 17.2 Å². The van der Waals surface area contributed by atoms with E-state index in [1.165, 1.54) is 15.9 Å². The number of hydrogen-bond donors (Lipinski definition) is 5. The SMILES string of the molecule is CN1CC[C@@](O)(C#Cc2cccc(-c3cc(N)cc(C(N)=O)n3)c2)C1=O.CN1CC[C@@](O)(C#Cc2cccc(-c3cc(N)cc(Cl)n3)c2)C1=O. The van der Waals surface area contributed by atoms with Gasteiger partial charge in [0.2, 0.25) is 11.2 Å². The van der Waals surface area contributed by atoms with Gasteiger partial charge in [0.15, 0.2) is 0 Å². The molecule has 2 atom stereocenters. The second-order valence-electron chi connectivity index (χ2n) is 12.0. The van der Waals surface area contributed by atoms with Crippen LogP contribution in [0, 0.1) is 23.7 Å². The lowest BCUT2D eigenvalue weighted by Gasteiger charge is -2.13. The molecule has 3 amide bonds. The van der Waals surface area contributed by atoms with Crippen molar-refractivity contribution < 1.29 is 24.6 Å². The van der Waals surface area contributed by atoms with E-state index in [1.54, 1.807) is 62.6 Å². The van der Waals surface area contributed by atoms with Crippen molar-refractivity contribution in [2.75, 3.05) is 38.7 Å². The number of carbonyl (C=O) groups excluding carboxylic acids is 3. The zero-order valence-electron chi connectivity index (χ0n) is 27.3. The Labute approximate surface area is 293 Å². The van der Waals surface area contributed by atoms with Gasteiger partial charge in [0.1, 0.15) is 10.8 Å². The van der Waals surface area contributed by atoms with Gasteiger partial charge in [0.05, 0.1) is 11.4 Å². The Morgan fingerprint density at radius 3 is 1.64 bits per heavy atom. The molecule has 0 aliphatic carbocycles. The molecule has 2 saturated heterocycles. The number of nitrogen functional groups attached to an aromatic ring is 2. The number of rotatable bonds is 3. The molecule has 13 heteroatoms. The highest BCUT2D eigenvalue weighted by Crippen LogP contribution is 2.25. The van der Waals surface area contributed by atoms with Gasteiger partial charge in [-0.3, -0.25) is 14.4 Å². The van der Waals surface area contributed by atoms with Crippen LogP contribution >= 0.6 is 11.6 Å². The number of benzene rings is 2. The summed E-state index contributed by atoms with van der Waals surface area (Å²) in [6.45, 7) is 0.961. The highest BCUT2D eigenvalue weighted by atomic mass is 35.5.